The quantitative estimate of drug-likeness (QED) is 0.0858. The van der Waals surface area contributed by atoms with Gasteiger partial charge >= 0.3 is 0 Å². The van der Waals surface area contributed by atoms with Crippen molar-refractivity contribution in [2.45, 2.75) is 27.7 Å². The predicted octanol–water partition coefficient (Wildman–Crippen LogP) is 39.5. The van der Waals surface area contributed by atoms with Crippen LogP contribution >= 0.6 is 0 Å². The van der Waals surface area contributed by atoms with Crippen molar-refractivity contribution in [2.75, 3.05) is 0 Å². The summed E-state index contributed by atoms with van der Waals surface area (Å²) in [6.45, 7) is 8.62. The SMILES string of the molecule is Cc1ccc2c3ccccc3c3cc(-n4c5ccccc5c5ccccc54)ccc3c2c1.Cc1cccc(-c2c3ccccc3c(-c3ccc(-n4c5ccccc5c5ccccc54)cc3)c3ccccc23)c1.Cc1cccc(-c2ccc(-c3ccc(-c4ccc(-n5c6ccccc6c6ccccc65)cc4)cc3)cc2)c1.Cc1cccc(-c2cccc(-c3ccc(-c4ccc(-n5c6ccccc6c6ccccc65)cc4)cc3)c2)c1. The molecule has 0 amide bonds. The lowest BCUT2D eigenvalue weighted by Crippen LogP contribution is -1.94. The minimum absolute atomic E-state index is 1.17. The van der Waals surface area contributed by atoms with Crippen LogP contribution < -0.4 is 0 Å². The normalized spacial score (nSPS) is 11.5. The van der Waals surface area contributed by atoms with E-state index in [0.717, 1.165) is 0 Å². The van der Waals surface area contributed by atoms with Crippen LogP contribution in [-0.2, 0) is 0 Å². The third-order valence-corrected chi connectivity index (χ3v) is 30.0. The molecule has 0 bridgehead atoms. The number of benzene rings is 25. The van der Waals surface area contributed by atoms with Gasteiger partial charge in [-0.15, -0.1) is 0 Å². The van der Waals surface area contributed by atoms with Crippen molar-refractivity contribution in [3.63, 3.8) is 0 Å². The van der Waals surface area contributed by atoms with Gasteiger partial charge in [0.25, 0.3) is 0 Å². The van der Waals surface area contributed by atoms with Gasteiger partial charge in [0.05, 0.1) is 44.1 Å². The average molecular weight is 1890 g/mol. The molecule has 0 aliphatic rings. The molecule has 0 radical (unpaired) electrons. The smallest absolute Gasteiger partial charge is 0.0541 e. The van der Waals surface area contributed by atoms with E-state index < -0.39 is 0 Å². The summed E-state index contributed by atoms with van der Waals surface area (Å²) in [6.07, 6.45) is 0. The second kappa shape index (κ2) is 38.0. The minimum atomic E-state index is 1.17. The minimum Gasteiger partial charge on any atom is -0.309 e. The first-order valence-corrected chi connectivity index (χ1v) is 51.2. The molecule has 0 saturated carbocycles. The Kier molecular flexibility index (Phi) is 22.9. The van der Waals surface area contributed by atoms with Crippen molar-refractivity contribution >= 4 is 141 Å². The van der Waals surface area contributed by atoms with Gasteiger partial charge in [-0.05, 0) is 274 Å². The first kappa shape index (κ1) is 89.1. The Morgan fingerprint density at radius 3 is 0.615 bits per heavy atom. The number of nitrogens with zero attached hydrogens (tertiary/aromatic N) is 4. The number of aryl methyl sites for hydroxylation is 4. The topological polar surface area (TPSA) is 19.7 Å². The van der Waals surface area contributed by atoms with Gasteiger partial charge in [0.2, 0.25) is 0 Å². The number of rotatable bonds is 12. The molecule has 4 heterocycles. The van der Waals surface area contributed by atoms with Crippen LogP contribution in [0.15, 0.2) is 546 Å². The van der Waals surface area contributed by atoms with Crippen LogP contribution in [0.1, 0.15) is 22.3 Å². The largest absolute Gasteiger partial charge is 0.309 e. The standard InChI is InChI=1S/C39H27N.2C37H27N.C31H21N/c1-26-11-10-12-28(25-26)39-34-17-4-2-15-32(34)38(33-16-3-5-18-35(33)39)27-21-23-29(24-22-27)40-36-19-8-6-13-30(36)31-14-7-9-20-37(31)40;1-26-8-6-9-30(24-26)32-11-7-10-31(25-32)29-18-16-27(17-19-29)28-20-22-33(23-21-28)38-36-14-4-2-12-34(36)35-13-3-5-15-37(35)38;1-26-7-6-8-32(25-26)31-19-17-28(18-20-31)27-13-15-29(16-14-27)30-21-23-33(24-22-30)38-36-11-4-2-9-34(36)35-10-3-5-12-37(35)38;1-20-14-16-24-22-8-2-3-9-23(22)29-19-21(15-17-25(29)28(24)18-20)32-30-12-6-4-10-26(30)27-11-5-7-13-31(27)32/h2-25H,1H3;2*2-25H,1H3;2-19H,1H3. The van der Waals surface area contributed by atoms with Gasteiger partial charge in [-0.25, -0.2) is 0 Å². The van der Waals surface area contributed by atoms with Gasteiger partial charge < -0.3 is 18.3 Å². The maximum Gasteiger partial charge on any atom is 0.0541 e. The Balaban J connectivity index is 0.000000100. The molecule has 29 rings (SSSR count). The zero-order valence-corrected chi connectivity index (χ0v) is 82.8. The number of para-hydroxylation sites is 8. The number of aromatic nitrogens is 4. The summed E-state index contributed by atoms with van der Waals surface area (Å²) < 4.78 is 9.50. The highest BCUT2D eigenvalue weighted by Gasteiger charge is 2.23. The van der Waals surface area contributed by atoms with Gasteiger partial charge in [0, 0.05) is 65.8 Å². The zero-order chi connectivity index (χ0) is 98.8. The first-order chi connectivity index (χ1) is 73.1. The van der Waals surface area contributed by atoms with E-state index in [1.807, 2.05) is 0 Å². The molecule has 4 aromatic heterocycles. The van der Waals surface area contributed by atoms with Crippen molar-refractivity contribution in [1.82, 2.24) is 18.3 Å². The summed E-state index contributed by atoms with van der Waals surface area (Å²) in [7, 11) is 0. The second-order valence-electron chi connectivity index (χ2n) is 39.2. The fourth-order valence-electron chi connectivity index (χ4n) is 23.0. The molecule has 0 unspecified atom stereocenters. The fraction of sp³-hybridized carbons (Fsp3) is 0.0278. The van der Waals surface area contributed by atoms with Crippen molar-refractivity contribution in [1.29, 1.82) is 0 Å². The van der Waals surface area contributed by atoms with E-state index in [1.165, 1.54) is 275 Å². The first-order valence-electron chi connectivity index (χ1n) is 51.2. The molecule has 29 aromatic rings. The van der Waals surface area contributed by atoms with Gasteiger partial charge in [-0.1, -0.05) is 465 Å². The molecular weight excluding hydrogens is 1790 g/mol. The van der Waals surface area contributed by atoms with E-state index in [4.69, 9.17) is 0 Å². The van der Waals surface area contributed by atoms with Gasteiger partial charge in [-0.2, -0.15) is 0 Å². The molecule has 0 N–H and O–H groups in total. The summed E-state index contributed by atoms with van der Waals surface area (Å²) in [6, 6.07) is 198. The molecule has 25 aromatic carbocycles. The van der Waals surface area contributed by atoms with Crippen LogP contribution in [0.4, 0.5) is 0 Å². The van der Waals surface area contributed by atoms with Crippen LogP contribution in [0.5, 0.6) is 0 Å². The number of hydrogen-bond acceptors (Lipinski definition) is 0. The summed E-state index contributed by atoms with van der Waals surface area (Å²) in [5, 5.41) is 23.3. The van der Waals surface area contributed by atoms with Crippen molar-refractivity contribution in [3.05, 3.63) is 568 Å². The van der Waals surface area contributed by atoms with Crippen LogP contribution in [0.2, 0.25) is 0 Å². The van der Waals surface area contributed by atoms with E-state index in [2.05, 4.69) is 592 Å². The van der Waals surface area contributed by atoms with Crippen molar-refractivity contribution in [3.8, 4) is 112 Å². The van der Waals surface area contributed by atoms with Gasteiger partial charge in [0.1, 0.15) is 0 Å². The van der Waals surface area contributed by atoms with Crippen LogP contribution in [0.3, 0.4) is 0 Å². The van der Waals surface area contributed by atoms with Crippen LogP contribution in [-0.4, -0.2) is 18.3 Å². The second-order valence-corrected chi connectivity index (χ2v) is 39.2. The number of fused-ring (bicyclic) bond motifs is 20. The Labute approximate surface area is 860 Å². The van der Waals surface area contributed by atoms with E-state index in [1.54, 1.807) is 0 Å². The summed E-state index contributed by atoms with van der Waals surface area (Å²) in [4.78, 5) is 0. The predicted molar refractivity (Wildman–Crippen MR) is 633 cm³/mol. The third kappa shape index (κ3) is 16.3. The van der Waals surface area contributed by atoms with Gasteiger partial charge in [-0.3, -0.25) is 0 Å². The highest BCUT2D eigenvalue weighted by atomic mass is 15.0. The van der Waals surface area contributed by atoms with E-state index in [0.29, 0.717) is 0 Å². The highest BCUT2D eigenvalue weighted by Crippen LogP contribution is 2.47. The highest BCUT2D eigenvalue weighted by molar-refractivity contribution is 6.27. The Bertz CT molecular complexity index is 9900. The summed E-state index contributed by atoms with van der Waals surface area (Å²) in [5.74, 6) is 0. The lowest BCUT2D eigenvalue weighted by Gasteiger charge is -2.18. The number of hydrogen-bond donors (Lipinski definition) is 0. The van der Waals surface area contributed by atoms with Crippen LogP contribution in [0, 0.1) is 27.7 Å². The van der Waals surface area contributed by atoms with Gasteiger partial charge in [0.15, 0.2) is 0 Å². The maximum atomic E-state index is 2.40. The molecule has 0 spiro atoms. The van der Waals surface area contributed by atoms with E-state index in [-0.39, 0.29) is 0 Å². The molecule has 0 saturated heterocycles. The zero-order valence-electron chi connectivity index (χ0n) is 82.8. The Morgan fingerprint density at radius 2 is 0.291 bits per heavy atom. The monoisotopic (exact) mass is 1890 g/mol. The lowest BCUT2D eigenvalue weighted by molar-refractivity contribution is 1.18. The molecule has 4 nitrogen and oxygen atoms in total. The fourth-order valence-corrected chi connectivity index (χ4v) is 23.0. The molecular formula is C144H102N4. The summed E-state index contributed by atoms with van der Waals surface area (Å²) in [5.41, 5.74) is 39.6. The van der Waals surface area contributed by atoms with Crippen molar-refractivity contribution in [2.24, 2.45) is 0 Å². The Hall–Kier alpha value is -19.0. The van der Waals surface area contributed by atoms with Crippen molar-refractivity contribution < 1.29 is 0 Å². The maximum absolute atomic E-state index is 2.40. The van der Waals surface area contributed by atoms with Crippen LogP contribution in [0.25, 0.3) is 253 Å². The molecule has 0 fully saturated rings. The molecule has 698 valence electrons. The summed E-state index contributed by atoms with van der Waals surface area (Å²) >= 11 is 0. The molecule has 148 heavy (non-hydrogen) atoms. The molecule has 0 atom stereocenters. The molecule has 0 aliphatic carbocycles. The Morgan fingerprint density at radius 1 is 0.101 bits per heavy atom. The average Bonchev–Trinajstić information content (AvgIpc) is 1.14. The third-order valence-electron chi connectivity index (χ3n) is 30.0. The molecule has 0 aliphatic heterocycles. The van der Waals surface area contributed by atoms with E-state index >= 15 is 0 Å². The lowest BCUT2D eigenvalue weighted by atomic mass is 9.86. The molecule has 4 heteroatoms. The van der Waals surface area contributed by atoms with E-state index in [9.17, 15) is 0 Å².